The van der Waals surface area contributed by atoms with Gasteiger partial charge >= 0.3 is 5.76 Å². The van der Waals surface area contributed by atoms with Crippen molar-refractivity contribution in [2.24, 2.45) is 5.92 Å². The number of carbonyl (C=O) groups excluding carboxylic acids is 1. The molecule has 1 amide bonds. The number of amides is 1. The summed E-state index contributed by atoms with van der Waals surface area (Å²) in [6, 6.07) is 14.6. The van der Waals surface area contributed by atoms with E-state index in [0.717, 1.165) is 12.0 Å². The molecule has 0 aliphatic rings. The van der Waals surface area contributed by atoms with Crippen LogP contribution in [0.1, 0.15) is 31.9 Å². The Labute approximate surface area is 156 Å². The van der Waals surface area contributed by atoms with Crippen LogP contribution in [0.5, 0.6) is 0 Å². The molecule has 3 rings (SSSR count). The van der Waals surface area contributed by atoms with Gasteiger partial charge in [0.1, 0.15) is 6.54 Å². The third kappa shape index (κ3) is 4.17. The molecule has 136 valence electrons. The smallest absolute Gasteiger partial charge is 0.408 e. The first kappa shape index (κ1) is 18.3. The first-order valence-corrected chi connectivity index (χ1v) is 8.95. The summed E-state index contributed by atoms with van der Waals surface area (Å²) in [5, 5.41) is 3.52. The van der Waals surface area contributed by atoms with E-state index in [4.69, 9.17) is 16.0 Å². The molecule has 2 aromatic carbocycles. The summed E-state index contributed by atoms with van der Waals surface area (Å²) in [4.78, 5) is 24.7. The molecule has 0 saturated heterocycles. The molecule has 1 heterocycles. The topological polar surface area (TPSA) is 64.2 Å². The van der Waals surface area contributed by atoms with Crippen molar-refractivity contribution < 1.29 is 9.21 Å². The monoisotopic (exact) mass is 372 g/mol. The van der Waals surface area contributed by atoms with Gasteiger partial charge in [-0.25, -0.2) is 4.79 Å². The highest BCUT2D eigenvalue weighted by molar-refractivity contribution is 6.31. The zero-order chi connectivity index (χ0) is 18.7. The van der Waals surface area contributed by atoms with E-state index >= 15 is 0 Å². The summed E-state index contributed by atoms with van der Waals surface area (Å²) >= 11 is 5.92. The number of nitrogens with zero attached hydrogens (tertiary/aromatic N) is 1. The third-order valence-electron chi connectivity index (χ3n) is 4.18. The van der Waals surface area contributed by atoms with Gasteiger partial charge in [-0.1, -0.05) is 55.8 Å². The van der Waals surface area contributed by atoms with Crippen LogP contribution in [0, 0.1) is 5.92 Å². The highest BCUT2D eigenvalue weighted by Crippen LogP contribution is 2.22. The molecule has 0 aliphatic carbocycles. The number of oxazole rings is 1. The number of nitrogens with one attached hydrogen (secondary N) is 1. The van der Waals surface area contributed by atoms with E-state index in [1.165, 1.54) is 4.57 Å². The van der Waals surface area contributed by atoms with E-state index in [1.54, 1.807) is 18.2 Å². The molecule has 26 heavy (non-hydrogen) atoms. The lowest BCUT2D eigenvalue weighted by atomic mass is 9.97. The molecule has 6 heteroatoms. The number of fused-ring (bicyclic) bond motifs is 1. The maximum absolute atomic E-state index is 12.6. The van der Waals surface area contributed by atoms with E-state index in [0.29, 0.717) is 22.0 Å². The largest absolute Gasteiger partial charge is 0.420 e. The second-order valence-corrected chi connectivity index (χ2v) is 7.16. The number of halogens is 1. The summed E-state index contributed by atoms with van der Waals surface area (Å²) in [6.45, 7) is 4.12. The Morgan fingerprint density at radius 1 is 1.19 bits per heavy atom. The summed E-state index contributed by atoms with van der Waals surface area (Å²) in [5.74, 6) is -0.392. The molecule has 3 aromatic rings. The quantitative estimate of drug-likeness (QED) is 0.706. The molecule has 0 saturated carbocycles. The Morgan fingerprint density at radius 3 is 2.62 bits per heavy atom. The standard InChI is InChI=1S/C20H21ClN2O3/c1-13(2)10-16(14-6-4-3-5-7-14)22-19(24)12-23-17-9-8-15(21)11-18(17)26-20(23)25/h3-9,11,13,16H,10,12H2,1-2H3,(H,22,24)/t16-/m0/s1. The SMILES string of the molecule is CC(C)C[C@H](NC(=O)Cn1c(=O)oc2cc(Cl)ccc21)c1ccccc1. The van der Waals surface area contributed by atoms with Gasteiger partial charge in [0.25, 0.3) is 0 Å². The zero-order valence-corrected chi connectivity index (χ0v) is 15.5. The molecular formula is C20H21ClN2O3. The molecule has 0 aliphatic heterocycles. The number of benzene rings is 2. The summed E-state index contributed by atoms with van der Waals surface area (Å²) in [6.07, 6.45) is 0.812. The number of rotatable bonds is 6. The van der Waals surface area contributed by atoms with Crippen molar-refractivity contribution in [2.45, 2.75) is 32.9 Å². The summed E-state index contributed by atoms with van der Waals surface area (Å²) < 4.78 is 6.50. The molecule has 0 bridgehead atoms. The zero-order valence-electron chi connectivity index (χ0n) is 14.7. The van der Waals surface area contributed by atoms with Gasteiger partial charge in [-0.05, 0) is 30.0 Å². The predicted molar refractivity (Wildman–Crippen MR) is 102 cm³/mol. The van der Waals surface area contributed by atoms with Crippen molar-refractivity contribution in [3.05, 3.63) is 69.7 Å². The van der Waals surface area contributed by atoms with Gasteiger partial charge in [-0.2, -0.15) is 0 Å². The van der Waals surface area contributed by atoms with Crippen LogP contribution in [0.4, 0.5) is 0 Å². The maximum Gasteiger partial charge on any atom is 0.420 e. The lowest BCUT2D eigenvalue weighted by Crippen LogP contribution is -2.34. The molecule has 1 N–H and O–H groups in total. The van der Waals surface area contributed by atoms with Crippen LogP contribution in [-0.4, -0.2) is 10.5 Å². The fourth-order valence-corrected chi connectivity index (χ4v) is 3.17. The minimum Gasteiger partial charge on any atom is -0.408 e. The molecule has 5 nitrogen and oxygen atoms in total. The lowest BCUT2D eigenvalue weighted by molar-refractivity contribution is -0.122. The van der Waals surface area contributed by atoms with Crippen LogP contribution in [0.2, 0.25) is 5.02 Å². The Kier molecular flexibility index (Phi) is 5.47. The van der Waals surface area contributed by atoms with Crippen LogP contribution < -0.4 is 11.1 Å². The fourth-order valence-electron chi connectivity index (χ4n) is 3.01. The molecule has 0 fully saturated rings. The van der Waals surface area contributed by atoms with Crippen LogP contribution in [0.3, 0.4) is 0 Å². The summed E-state index contributed by atoms with van der Waals surface area (Å²) in [5.41, 5.74) is 1.97. The van der Waals surface area contributed by atoms with E-state index in [-0.39, 0.29) is 18.5 Å². The second kappa shape index (κ2) is 7.79. The fraction of sp³-hybridized carbons (Fsp3) is 0.300. The van der Waals surface area contributed by atoms with Crippen molar-refractivity contribution >= 4 is 28.6 Å². The Morgan fingerprint density at radius 2 is 1.92 bits per heavy atom. The maximum atomic E-state index is 12.6. The molecule has 0 radical (unpaired) electrons. The van der Waals surface area contributed by atoms with Crippen LogP contribution in [-0.2, 0) is 11.3 Å². The first-order valence-electron chi connectivity index (χ1n) is 8.57. The number of carbonyl (C=O) groups is 1. The van der Waals surface area contributed by atoms with Gasteiger partial charge in [0.2, 0.25) is 5.91 Å². The van der Waals surface area contributed by atoms with Crippen molar-refractivity contribution in [3.8, 4) is 0 Å². The van der Waals surface area contributed by atoms with Crippen LogP contribution >= 0.6 is 11.6 Å². The number of hydrogen-bond acceptors (Lipinski definition) is 3. The highest BCUT2D eigenvalue weighted by atomic mass is 35.5. The third-order valence-corrected chi connectivity index (χ3v) is 4.41. The molecule has 1 atom stereocenters. The van der Waals surface area contributed by atoms with Gasteiger partial charge in [0.15, 0.2) is 5.58 Å². The van der Waals surface area contributed by atoms with E-state index < -0.39 is 5.76 Å². The average molecular weight is 373 g/mol. The van der Waals surface area contributed by atoms with E-state index in [9.17, 15) is 9.59 Å². The van der Waals surface area contributed by atoms with E-state index in [1.807, 2.05) is 30.3 Å². The normalized spacial score (nSPS) is 12.5. The predicted octanol–water partition coefficient (Wildman–Crippen LogP) is 4.15. The van der Waals surface area contributed by atoms with Gasteiger partial charge in [-0.3, -0.25) is 9.36 Å². The van der Waals surface area contributed by atoms with Crippen LogP contribution in [0.25, 0.3) is 11.1 Å². The van der Waals surface area contributed by atoms with Gasteiger partial charge in [0.05, 0.1) is 11.6 Å². The molecular weight excluding hydrogens is 352 g/mol. The van der Waals surface area contributed by atoms with Crippen molar-refractivity contribution in [3.63, 3.8) is 0 Å². The highest BCUT2D eigenvalue weighted by Gasteiger charge is 2.18. The average Bonchev–Trinajstić information content (AvgIpc) is 2.89. The Hall–Kier alpha value is -2.53. The second-order valence-electron chi connectivity index (χ2n) is 6.73. The van der Waals surface area contributed by atoms with Crippen molar-refractivity contribution in [2.75, 3.05) is 0 Å². The molecule has 0 spiro atoms. The minimum atomic E-state index is -0.572. The summed E-state index contributed by atoms with van der Waals surface area (Å²) in [7, 11) is 0. The van der Waals surface area contributed by atoms with Gasteiger partial charge in [-0.15, -0.1) is 0 Å². The Bertz CT molecular complexity index is 960. The van der Waals surface area contributed by atoms with Gasteiger partial charge < -0.3 is 9.73 Å². The van der Waals surface area contributed by atoms with Crippen molar-refractivity contribution in [1.82, 2.24) is 9.88 Å². The van der Waals surface area contributed by atoms with E-state index in [2.05, 4.69) is 19.2 Å². The van der Waals surface area contributed by atoms with Crippen LogP contribution in [0.15, 0.2) is 57.7 Å². The lowest BCUT2D eigenvalue weighted by Gasteiger charge is -2.21. The Balaban J connectivity index is 1.81. The number of hydrogen-bond donors (Lipinski definition) is 1. The number of aromatic nitrogens is 1. The first-order chi connectivity index (χ1) is 12.4. The molecule has 1 aromatic heterocycles. The van der Waals surface area contributed by atoms with Crippen molar-refractivity contribution in [1.29, 1.82) is 0 Å². The molecule has 0 unspecified atom stereocenters. The van der Waals surface area contributed by atoms with Gasteiger partial charge in [0, 0.05) is 11.1 Å². The minimum absolute atomic E-state index is 0.102.